The van der Waals surface area contributed by atoms with Gasteiger partial charge in [-0.15, -0.1) is 0 Å². The molecule has 3 aromatic rings. The van der Waals surface area contributed by atoms with E-state index in [0.717, 1.165) is 43.0 Å². The lowest BCUT2D eigenvalue weighted by atomic mass is 9.91. The van der Waals surface area contributed by atoms with Crippen LogP contribution in [0.3, 0.4) is 0 Å². The third-order valence-corrected chi connectivity index (χ3v) is 5.25. The van der Waals surface area contributed by atoms with Crippen molar-refractivity contribution in [2.24, 2.45) is 11.8 Å². The number of nitrogens with zero attached hydrogens (tertiary/aromatic N) is 2. The van der Waals surface area contributed by atoms with E-state index in [2.05, 4.69) is 78.7 Å². The van der Waals surface area contributed by atoms with Crippen molar-refractivity contribution in [2.45, 2.75) is 33.6 Å². The predicted octanol–water partition coefficient (Wildman–Crippen LogP) is 4.67. The molecule has 1 aromatic heterocycles. The highest BCUT2D eigenvalue weighted by atomic mass is 16.5. The molecule has 1 saturated heterocycles. The van der Waals surface area contributed by atoms with Crippen LogP contribution in [-0.2, 0) is 12.8 Å². The van der Waals surface area contributed by atoms with E-state index < -0.39 is 0 Å². The molecule has 0 amide bonds. The fraction of sp³-hybridized carbons (Fsp3) is 0.391. The van der Waals surface area contributed by atoms with Crippen molar-refractivity contribution in [2.75, 3.05) is 13.1 Å². The van der Waals surface area contributed by atoms with Crippen molar-refractivity contribution in [1.29, 1.82) is 0 Å². The molecular formula is C23H27N3O. The van der Waals surface area contributed by atoms with Crippen LogP contribution in [0.2, 0.25) is 0 Å². The molecule has 2 aromatic carbocycles. The standard InChI is InChI=1S/C23H27N3O/c1-15(2)10-17-4-6-19(7-5-17)23-25-22(26-27-23)21-9-8-20(16(3)11-21)12-18-13-24-14-18/h4-9,11,15,18,24H,10,12-14H2,1-3H3. The molecule has 140 valence electrons. The molecule has 0 saturated carbocycles. The van der Waals surface area contributed by atoms with E-state index in [1.54, 1.807) is 0 Å². The maximum Gasteiger partial charge on any atom is 0.258 e. The highest BCUT2D eigenvalue weighted by Gasteiger charge is 2.18. The van der Waals surface area contributed by atoms with E-state index in [1.165, 1.54) is 16.7 Å². The molecule has 0 spiro atoms. The Bertz CT molecular complexity index is 908. The largest absolute Gasteiger partial charge is 0.334 e. The van der Waals surface area contributed by atoms with Gasteiger partial charge in [0.25, 0.3) is 5.89 Å². The lowest BCUT2D eigenvalue weighted by molar-refractivity contribution is 0.346. The third-order valence-electron chi connectivity index (χ3n) is 5.25. The first-order valence-corrected chi connectivity index (χ1v) is 9.82. The first-order chi connectivity index (χ1) is 13.1. The molecule has 0 aliphatic carbocycles. The Kier molecular flexibility index (Phi) is 5.08. The van der Waals surface area contributed by atoms with E-state index in [1.807, 2.05) is 0 Å². The first-order valence-electron chi connectivity index (χ1n) is 9.82. The SMILES string of the molecule is Cc1cc(-c2noc(-c3ccc(CC(C)C)cc3)n2)ccc1CC1CNC1. The summed E-state index contributed by atoms with van der Waals surface area (Å²) in [6.45, 7) is 8.89. The molecule has 1 aliphatic rings. The minimum absolute atomic E-state index is 0.573. The fourth-order valence-electron chi connectivity index (χ4n) is 3.58. The minimum atomic E-state index is 0.573. The van der Waals surface area contributed by atoms with Gasteiger partial charge in [0, 0.05) is 11.1 Å². The summed E-state index contributed by atoms with van der Waals surface area (Å²) >= 11 is 0. The number of aryl methyl sites for hydroxylation is 1. The zero-order valence-corrected chi connectivity index (χ0v) is 16.3. The molecule has 0 unspecified atom stereocenters. The van der Waals surface area contributed by atoms with Gasteiger partial charge in [-0.25, -0.2) is 0 Å². The van der Waals surface area contributed by atoms with Gasteiger partial charge in [-0.05, 0) is 79.6 Å². The summed E-state index contributed by atoms with van der Waals surface area (Å²) in [6.07, 6.45) is 2.22. The van der Waals surface area contributed by atoms with Crippen molar-refractivity contribution in [3.63, 3.8) is 0 Å². The Morgan fingerprint density at radius 3 is 2.44 bits per heavy atom. The lowest BCUT2D eigenvalue weighted by Gasteiger charge is -2.27. The molecule has 1 N–H and O–H groups in total. The minimum Gasteiger partial charge on any atom is -0.334 e. The number of aromatic nitrogens is 2. The highest BCUT2D eigenvalue weighted by Crippen LogP contribution is 2.26. The average molecular weight is 361 g/mol. The molecule has 4 nitrogen and oxygen atoms in total. The van der Waals surface area contributed by atoms with E-state index in [9.17, 15) is 0 Å². The quantitative estimate of drug-likeness (QED) is 0.693. The van der Waals surface area contributed by atoms with Crippen LogP contribution in [-0.4, -0.2) is 23.2 Å². The molecule has 0 radical (unpaired) electrons. The van der Waals surface area contributed by atoms with E-state index in [-0.39, 0.29) is 0 Å². The summed E-state index contributed by atoms with van der Waals surface area (Å²) in [5.74, 6) is 2.64. The average Bonchev–Trinajstić information content (AvgIpc) is 3.09. The Hall–Kier alpha value is -2.46. The van der Waals surface area contributed by atoms with E-state index in [4.69, 9.17) is 4.52 Å². The van der Waals surface area contributed by atoms with Crippen molar-refractivity contribution in [1.82, 2.24) is 15.5 Å². The summed E-state index contributed by atoms with van der Waals surface area (Å²) in [7, 11) is 0. The van der Waals surface area contributed by atoms with Crippen LogP contribution < -0.4 is 5.32 Å². The van der Waals surface area contributed by atoms with Gasteiger partial charge in [0.05, 0.1) is 0 Å². The fourth-order valence-corrected chi connectivity index (χ4v) is 3.58. The third kappa shape index (κ3) is 4.11. The molecule has 0 atom stereocenters. The van der Waals surface area contributed by atoms with Gasteiger partial charge in [-0.2, -0.15) is 4.98 Å². The summed E-state index contributed by atoms with van der Waals surface area (Å²) in [6, 6.07) is 14.9. The number of nitrogens with one attached hydrogen (secondary N) is 1. The van der Waals surface area contributed by atoms with Gasteiger partial charge in [-0.3, -0.25) is 0 Å². The zero-order valence-electron chi connectivity index (χ0n) is 16.3. The number of benzene rings is 2. The molecule has 1 fully saturated rings. The van der Waals surface area contributed by atoms with Crippen molar-refractivity contribution in [3.05, 3.63) is 59.2 Å². The number of hydrogen-bond donors (Lipinski definition) is 1. The smallest absolute Gasteiger partial charge is 0.258 e. The maximum absolute atomic E-state index is 5.52. The van der Waals surface area contributed by atoms with Crippen molar-refractivity contribution >= 4 is 0 Å². The first kappa shape index (κ1) is 17.9. The monoisotopic (exact) mass is 361 g/mol. The van der Waals surface area contributed by atoms with Crippen LogP contribution in [0, 0.1) is 18.8 Å². The number of hydrogen-bond acceptors (Lipinski definition) is 4. The van der Waals surface area contributed by atoms with E-state index >= 15 is 0 Å². The second-order valence-electron chi connectivity index (χ2n) is 8.09. The predicted molar refractivity (Wildman–Crippen MR) is 109 cm³/mol. The van der Waals surface area contributed by atoms with Crippen LogP contribution in [0.15, 0.2) is 47.0 Å². The van der Waals surface area contributed by atoms with Crippen molar-refractivity contribution < 1.29 is 4.52 Å². The van der Waals surface area contributed by atoms with Gasteiger partial charge >= 0.3 is 0 Å². The lowest BCUT2D eigenvalue weighted by Crippen LogP contribution is -2.43. The van der Waals surface area contributed by atoms with Crippen LogP contribution in [0.1, 0.15) is 30.5 Å². The second kappa shape index (κ2) is 7.65. The van der Waals surface area contributed by atoms with Crippen LogP contribution in [0.5, 0.6) is 0 Å². The Balaban J connectivity index is 1.51. The van der Waals surface area contributed by atoms with Gasteiger partial charge in [0.2, 0.25) is 5.82 Å². The topological polar surface area (TPSA) is 51.0 Å². The summed E-state index contributed by atoms with van der Waals surface area (Å²) < 4.78 is 5.52. The van der Waals surface area contributed by atoms with E-state index in [0.29, 0.717) is 17.6 Å². The van der Waals surface area contributed by atoms with Gasteiger partial charge < -0.3 is 9.84 Å². The Morgan fingerprint density at radius 1 is 1.07 bits per heavy atom. The highest BCUT2D eigenvalue weighted by molar-refractivity contribution is 5.61. The number of rotatable bonds is 6. The molecular weight excluding hydrogens is 334 g/mol. The van der Waals surface area contributed by atoms with Crippen LogP contribution in [0.4, 0.5) is 0 Å². The normalized spacial score (nSPS) is 14.5. The molecule has 0 bridgehead atoms. The summed E-state index contributed by atoms with van der Waals surface area (Å²) in [4.78, 5) is 4.61. The molecule has 27 heavy (non-hydrogen) atoms. The Morgan fingerprint density at radius 2 is 1.81 bits per heavy atom. The van der Waals surface area contributed by atoms with Gasteiger partial charge in [0.1, 0.15) is 0 Å². The van der Waals surface area contributed by atoms with Crippen LogP contribution >= 0.6 is 0 Å². The van der Waals surface area contributed by atoms with Gasteiger partial charge in [-0.1, -0.05) is 43.3 Å². The van der Waals surface area contributed by atoms with Gasteiger partial charge in [0.15, 0.2) is 0 Å². The van der Waals surface area contributed by atoms with Crippen molar-refractivity contribution in [3.8, 4) is 22.8 Å². The molecule has 1 aliphatic heterocycles. The summed E-state index contributed by atoms with van der Waals surface area (Å²) in [5, 5.41) is 7.53. The second-order valence-corrected chi connectivity index (χ2v) is 8.09. The Labute approximate surface area is 161 Å². The van der Waals surface area contributed by atoms with Crippen LogP contribution in [0.25, 0.3) is 22.8 Å². The summed E-state index contributed by atoms with van der Waals surface area (Å²) in [5.41, 5.74) is 6.02. The molecule has 4 heteroatoms. The molecule has 4 rings (SSSR count). The maximum atomic E-state index is 5.52. The zero-order chi connectivity index (χ0) is 18.8. The molecule has 2 heterocycles.